The quantitative estimate of drug-likeness (QED) is 0.669. The van der Waals surface area contributed by atoms with Crippen LogP contribution in [0.15, 0.2) is 0 Å². The molecule has 14 heavy (non-hydrogen) atoms. The summed E-state index contributed by atoms with van der Waals surface area (Å²) in [6.07, 6.45) is 2.33. The van der Waals surface area contributed by atoms with E-state index in [1.54, 1.807) is 0 Å². The number of carbonyl (C=O) groups excluding carboxylic acids is 1. The summed E-state index contributed by atoms with van der Waals surface area (Å²) in [6.45, 7) is 8.24. The lowest BCUT2D eigenvalue weighted by atomic mass is 9.82. The Balaban J connectivity index is 4.44. The molecule has 0 saturated heterocycles. The molecule has 0 aromatic heterocycles. The second-order valence-electron chi connectivity index (χ2n) is 3.82. The Labute approximate surface area is 87.0 Å². The molecule has 84 valence electrons. The van der Waals surface area contributed by atoms with Crippen LogP contribution in [0.4, 0.5) is 0 Å². The number of carbonyl (C=O) groups is 1. The van der Waals surface area contributed by atoms with Gasteiger partial charge < -0.3 is 10.5 Å². The lowest BCUT2D eigenvalue weighted by Gasteiger charge is -2.28. The van der Waals surface area contributed by atoms with Crippen LogP contribution in [-0.4, -0.2) is 18.6 Å². The first-order valence-corrected chi connectivity index (χ1v) is 5.47. The molecule has 0 radical (unpaired) electrons. The highest BCUT2D eigenvalue weighted by Crippen LogP contribution is 2.27. The van der Waals surface area contributed by atoms with Gasteiger partial charge in [-0.25, -0.2) is 0 Å². The monoisotopic (exact) mass is 201 g/mol. The highest BCUT2D eigenvalue weighted by molar-refractivity contribution is 5.77. The molecule has 0 aliphatic carbocycles. The molecule has 0 heterocycles. The third-order valence-corrected chi connectivity index (χ3v) is 3.06. The number of hydrogen-bond donors (Lipinski definition) is 1. The van der Waals surface area contributed by atoms with Gasteiger partial charge in [-0.05, 0) is 26.2 Å². The van der Waals surface area contributed by atoms with Crippen molar-refractivity contribution in [3.8, 4) is 0 Å². The van der Waals surface area contributed by atoms with Crippen molar-refractivity contribution in [1.82, 2.24) is 0 Å². The maximum atomic E-state index is 11.8. The second kappa shape index (κ2) is 6.02. The molecule has 0 aliphatic heterocycles. The second-order valence-corrected chi connectivity index (χ2v) is 3.82. The fourth-order valence-corrected chi connectivity index (χ4v) is 1.30. The Morgan fingerprint density at radius 3 is 2.14 bits per heavy atom. The van der Waals surface area contributed by atoms with Crippen molar-refractivity contribution < 1.29 is 9.53 Å². The average Bonchev–Trinajstić information content (AvgIpc) is 2.21. The molecule has 0 saturated carbocycles. The van der Waals surface area contributed by atoms with Crippen LogP contribution in [0.3, 0.4) is 0 Å². The van der Waals surface area contributed by atoms with Gasteiger partial charge in [0.25, 0.3) is 0 Å². The Morgan fingerprint density at radius 2 is 1.86 bits per heavy atom. The minimum absolute atomic E-state index is 0.00785. The predicted octanol–water partition coefficient (Wildman–Crippen LogP) is 2.09. The van der Waals surface area contributed by atoms with Gasteiger partial charge >= 0.3 is 5.97 Å². The summed E-state index contributed by atoms with van der Waals surface area (Å²) in [6, 6.07) is 0. The van der Waals surface area contributed by atoms with Gasteiger partial charge in [-0.1, -0.05) is 20.8 Å². The molecule has 0 aromatic rings. The smallest absolute Gasteiger partial charge is 0.313 e. The zero-order chi connectivity index (χ0) is 11.2. The summed E-state index contributed by atoms with van der Waals surface area (Å²) in [7, 11) is 0. The molecule has 3 nitrogen and oxygen atoms in total. The third kappa shape index (κ3) is 2.98. The number of esters is 1. The van der Waals surface area contributed by atoms with Gasteiger partial charge in [0.05, 0.1) is 11.5 Å². The van der Waals surface area contributed by atoms with E-state index in [0.29, 0.717) is 6.54 Å². The summed E-state index contributed by atoms with van der Waals surface area (Å²) in [5.41, 5.74) is 5.18. The molecule has 2 N–H and O–H groups in total. The first-order valence-electron chi connectivity index (χ1n) is 5.47. The van der Waals surface area contributed by atoms with Crippen LogP contribution in [0.25, 0.3) is 0 Å². The van der Waals surface area contributed by atoms with E-state index < -0.39 is 5.41 Å². The SMILES string of the molecule is CCC(C)OC(=O)C(CC)(CC)CN. The van der Waals surface area contributed by atoms with Crippen molar-refractivity contribution in [3.05, 3.63) is 0 Å². The molecule has 0 spiro atoms. The number of ether oxygens (including phenoxy) is 1. The van der Waals surface area contributed by atoms with Crippen LogP contribution < -0.4 is 5.73 Å². The average molecular weight is 201 g/mol. The molecule has 1 unspecified atom stereocenters. The van der Waals surface area contributed by atoms with Crippen LogP contribution in [-0.2, 0) is 9.53 Å². The van der Waals surface area contributed by atoms with Crippen molar-refractivity contribution in [3.63, 3.8) is 0 Å². The maximum absolute atomic E-state index is 11.8. The summed E-state index contributed by atoms with van der Waals surface area (Å²) in [5, 5.41) is 0. The zero-order valence-corrected chi connectivity index (χ0v) is 9.80. The Kier molecular flexibility index (Phi) is 5.77. The lowest BCUT2D eigenvalue weighted by molar-refractivity contribution is -0.160. The van der Waals surface area contributed by atoms with Crippen molar-refractivity contribution in [1.29, 1.82) is 0 Å². The van der Waals surface area contributed by atoms with Crippen LogP contribution in [0.2, 0.25) is 0 Å². The van der Waals surface area contributed by atoms with Gasteiger partial charge in [-0.3, -0.25) is 4.79 Å². The Bertz CT molecular complexity index is 168. The predicted molar refractivity (Wildman–Crippen MR) is 57.9 cm³/mol. The van der Waals surface area contributed by atoms with Gasteiger partial charge in [0, 0.05) is 6.54 Å². The topological polar surface area (TPSA) is 52.3 Å². The number of nitrogens with two attached hydrogens (primary N) is 1. The minimum Gasteiger partial charge on any atom is -0.462 e. The minimum atomic E-state index is -0.469. The van der Waals surface area contributed by atoms with Crippen LogP contribution in [0, 0.1) is 5.41 Å². The summed E-state index contributed by atoms with van der Waals surface area (Å²) in [4.78, 5) is 11.8. The van der Waals surface area contributed by atoms with E-state index in [1.165, 1.54) is 0 Å². The van der Waals surface area contributed by atoms with E-state index in [4.69, 9.17) is 10.5 Å². The largest absolute Gasteiger partial charge is 0.462 e. The molecular formula is C11H23NO2. The van der Waals surface area contributed by atoms with Crippen LogP contribution in [0.5, 0.6) is 0 Å². The van der Waals surface area contributed by atoms with Gasteiger partial charge in [0.2, 0.25) is 0 Å². The molecule has 0 rings (SSSR count). The van der Waals surface area contributed by atoms with E-state index >= 15 is 0 Å². The molecule has 0 aromatic carbocycles. The Hall–Kier alpha value is -0.570. The molecule has 1 atom stereocenters. The number of hydrogen-bond acceptors (Lipinski definition) is 3. The summed E-state index contributed by atoms with van der Waals surface area (Å²) < 4.78 is 5.32. The summed E-state index contributed by atoms with van der Waals surface area (Å²) >= 11 is 0. The zero-order valence-electron chi connectivity index (χ0n) is 9.80. The molecule has 0 fully saturated rings. The molecule has 0 aliphatic rings. The van der Waals surface area contributed by atoms with E-state index in [-0.39, 0.29) is 12.1 Å². The first-order chi connectivity index (χ1) is 6.56. The molecule has 0 amide bonds. The van der Waals surface area contributed by atoms with Gasteiger partial charge in [0.1, 0.15) is 0 Å². The highest BCUT2D eigenvalue weighted by Gasteiger charge is 2.35. The third-order valence-electron chi connectivity index (χ3n) is 3.06. The highest BCUT2D eigenvalue weighted by atomic mass is 16.5. The van der Waals surface area contributed by atoms with E-state index in [1.807, 2.05) is 27.7 Å². The fourth-order valence-electron chi connectivity index (χ4n) is 1.30. The van der Waals surface area contributed by atoms with E-state index in [9.17, 15) is 4.79 Å². The van der Waals surface area contributed by atoms with Crippen molar-refractivity contribution >= 4 is 5.97 Å². The van der Waals surface area contributed by atoms with Gasteiger partial charge in [-0.15, -0.1) is 0 Å². The van der Waals surface area contributed by atoms with Crippen molar-refractivity contribution in [2.24, 2.45) is 11.1 Å². The fraction of sp³-hybridized carbons (Fsp3) is 0.909. The van der Waals surface area contributed by atoms with Gasteiger partial charge in [0.15, 0.2) is 0 Å². The van der Waals surface area contributed by atoms with Gasteiger partial charge in [-0.2, -0.15) is 0 Å². The van der Waals surface area contributed by atoms with Crippen LogP contribution >= 0.6 is 0 Å². The van der Waals surface area contributed by atoms with Crippen molar-refractivity contribution in [2.75, 3.05) is 6.54 Å². The Morgan fingerprint density at radius 1 is 1.36 bits per heavy atom. The van der Waals surface area contributed by atoms with E-state index in [2.05, 4.69) is 0 Å². The normalized spacial score (nSPS) is 13.8. The number of rotatable bonds is 6. The molecular weight excluding hydrogens is 178 g/mol. The summed E-state index contributed by atoms with van der Waals surface area (Å²) in [5.74, 6) is -0.139. The molecule has 3 heteroatoms. The van der Waals surface area contributed by atoms with Crippen LogP contribution in [0.1, 0.15) is 47.0 Å². The molecule has 0 bridgehead atoms. The standard InChI is InChI=1S/C11H23NO2/c1-5-9(4)14-10(13)11(6-2,7-3)8-12/h9H,5-8,12H2,1-4H3. The lowest BCUT2D eigenvalue weighted by Crippen LogP contribution is -2.40. The van der Waals surface area contributed by atoms with Crippen molar-refractivity contribution in [2.45, 2.75) is 53.1 Å². The van der Waals surface area contributed by atoms with E-state index in [0.717, 1.165) is 19.3 Å². The maximum Gasteiger partial charge on any atom is 0.313 e. The first kappa shape index (κ1) is 13.4.